The van der Waals surface area contributed by atoms with E-state index in [-0.39, 0.29) is 13.2 Å². The van der Waals surface area contributed by atoms with Crippen LogP contribution in [0.2, 0.25) is 0 Å². The summed E-state index contributed by atoms with van der Waals surface area (Å²) in [5.41, 5.74) is 1.22. The van der Waals surface area contributed by atoms with Crippen molar-refractivity contribution in [2.24, 2.45) is 4.99 Å². The number of ether oxygens (including phenoxy) is 3. The number of hydrogen-bond donors (Lipinski definition) is 0. The Morgan fingerprint density at radius 2 is 1.90 bits per heavy atom. The lowest BCUT2D eigenvalue weighted by Crippen LogP contribution is -2.19. The molecule has 0 saturated carbocycles. The van der Waals surface area contributed by atoms with Gasteiger partial charge in [-0.3, -0.25) is 4.79 Å². The van der Waals surface area contributed by atoms with Crippen LogP contribution in [-0.4, -0.2) is 36.8 Å². The van der Waals surface area contributed by atoms with E-state index in [2.05, 4.69) is 10.9 Å². The minimum Gasteiger partial charge on any atom is -0.497 e. The molecule has 7 nitrogen and oxygen atoms in total. The van der Waals surface area contributed by atoms with E-state index < -0.39 is 11.9 Å². The van der Waals surface area contributed by atoms with Gasteiger partial charge in [0.2, 0.25) is 0 Å². The molecule has 0 radical (unpaired) electrons. The van der Waals surface area contributed by atoms with Gasteiger partial charge in [0.05, 0.1) is 36.0 Å². The van der Waals surface area contributed by atoms with Crippen molar-refractivity contribution in [3.63, 3.8) is 0 Å². The van der Waals surface area contributed by atoms with Gasteiger partial charge in [0.15, 0.2) is 11.4 Å². The standard InChI is InChI=1S/C22H20N2O5S/c1-4-12-24-18-11-6-15(21(26)28-5-2)13-19(18)30-22(24)23-20(25)14-29-17-9-7-16(27-3)8-10-17/h1,6-11,13H,5,12,14H2,2-3H3. The summed E-state index contributed by atoms with van der Waals surface area (Å²) in [5, 5.41) is 0. The molecule has 1 amide bonds. The van der Waals surface area contributed by atoms with Crippen LogP contribution in [0.3, 0.4) is 0 Å². The Kier molecular flexibility index (Phi) is 6.88. The molecule has 0 aliphatic rings. The highest BCUT2D eigenvalue weighted by atomic mass is 32.1. The van der Waals surface area contributed by atoms with Crippen LogP contribution in [0.4, 0.5) is 0 Å². The molecule has 3 rings (SSSR count). The molecule has 0 spiro atoms. The number of nitrogens with zero attached hydrogens (tertiary/aromatic N) is 2. The fourth-order valence-electron chi connectivity index (χ4n) is 2.70. The predicted molar refractivity (Wildman–Crippen MR) is 114 cm³/mol. The number of benzene rings is 2. The van der Waals surface area contributed by atoms with E-state index in [0.29, 0.717) is 28.5 Å². The summed E-state index contributed by atoms with van der Waals surface area (Å²) < 4.78 is 18.1. The lowest BCUT2D eigenvalue weighted by atomic mass is 10.2. The van der Waals surface area contributed by atoms with Crippen molar-refractivity contribution in [1.82, 2.24) is 4.57 Å². The molecule has 0 aliphatic carbocycles. The molecule has 3 aromatic rings. The lowest BCUT2D eigenvalue weighted by molar-refractivity contribution is -0.120. The summed E-state index contributed by atoms with van der Waals surface area (Å²) in [6, 6.07) is 12.0. The second-order valence-electron chi connectivity index (χ2n) is 6.05. The van der Waals surface area contributed by atoms with Crippen molar-refractivity contribution < 1.29 is 23.8 Å². The molecule has 0 bridgehead atoms. The molecular formula is C22H20N2O5S. The number of aromatic nitrogens is 1. The molecule has 2 aromatic carbocycles. The largest absolute Gasteiger partial charge is 0.497 e. The van der Waals surface area contributed by atoms with Gasteiger partial charge in [0.25, 0.3) is 5.91 Å². The van der Waals surface area contributed by atoms with Crippen LogP contribution >= 0.6 is 11.3 Å². The zero-order valence-corrected chi connectivity index (χ0v) is 17.4. The Bertz CT molecular complexity index is 1170. The highest BCUT2D eigenvalue weighted by Gasteiger charge is 2.12. The van der Waals surface area contributed by atoms with E-state index in [0.717, 1.165) is 10.2 Å². The Hall–Kier alpha value is -3.57. The van der Waals surface area contributed by atoms with Crippen molar-refractivity contribution >= 4 is 33.4 Å². The fourth-order valence-corrected chi connectivity index (χ4v) is 3.79. The van der Waals surface area contributed by atoms with E-state index in [1.54, 1.807) is 61.1 Å². The predicted octanol–water partition coefficient (Wildman–Crippen LogP) is 3.03. The van der Waals surface area contributed by atoms with Crippen molar-refractivity contribution in [1.29, 1.82) is 0 Å². The van der Waals surface area contributed by atoms with E-state index in [4.69, 9.17) is 20.6 Å². The highest BCUT2D eigenvalue weighted by molar-refractivity contribution is 7.16. The number of amides is 1. The summed E-state index contributed by atoms with van der Waals surface area (Å²) in [6.45, 7) is 2.07. The van der Waals surface area contributed by atoms with Crippen LogP contribution in [-0.2, 0) is 16.1 Å². The van der Waals surface area contributed by atoms with E-state index >= 15 is 0 Å². The Labute approximate surface area is 177 Å². The maximum absolute atomic E-state index is 12.4. The number of carbonyl (C=O) groups is 2. The maximum Gasteiger partial charge on any atom is 0.338 e. The SMILES string of the molecule is C#CCn1c(=NC(=O)COc2ccc(OC)cc2)sc2cc(C(=O)OCC)ccc21. The van der Waals surface area contributed by atoms with Crippen LogP contribution in [0.5, 0.6) is 11.5 Å². The van der Waals surface area contributed by atoms with Crippen LogP contribution in [0, 0.1) is 12.3 Å². The maximum atomic E-state index is 12.4. The number of thiazole rings is 1. The summed E-state index contributed by atoms with van der Waals surface area (Å²) in [6.07, 6.45) is 5.48. The van der Waals surface area contributed by atoms with Gasteiger partial charge < -0.3 is 18.8 Å². The minimum absolute atomic E-state index is 0.218. The van der Waals surface area contributed by atoms with Gasteiger partial charge in [-0.05, 0) is 49.4 Å². The first-order valence-electron chi connectivity index (χ1n) is 9.14. The third-order valence-electron chi connectivity index (χ3n) is 4.09. The first kappa shape index (κ1) is 21.1. The van der Waals surface area contributed by atoms with E-state index in [9.17, 15) is 9.59 Å². The van der Waals surface area contributed by atoms with Crippen LogP contribution in [0.15, 0.2) is 47.5 Å². The molecule has 1 heterocycles. The van der Waals surface area contributed by atoms with Crippen molar-refractivity contribution in [3.8, 4) is 23.8 Å². The molecule has 0 N–H and O–H groups in total. The van der Waals surface area contributed by atoms with Crippen molar-refractivity contribution in [2.75, 3.05) is 20.3 Å². The summed E-state index contributed by atoms with van der Waals surface area (Å²) in [7, 11) is 1.57. The number of hydrogen-bond acceptors (Lipinski definition) is 6. The lowest BCUT2D eigenvalue weighted by Gasteiger charge is -2.04. The Balaban J connectivity index is 1.85. The van der Waals surface area contributed by atoms with Gasteiger partial charge in [0, 0.05) is 0 Å². The molecule has 0 atom stereocenters. The molecule has 0 fully saturated rings. The third-order valence-corrected chi connectivity index (χ3v) is 5.13. The molecule has 0 unspecified atom stereocenters. The second-order valence-corrected chi connectivity index (χ2v) is 7.06. The second kappa shape index (κ2) is 9.76. The van der Waals surface area contributed by atoms with Gasteiger partial charge in [-0.2, -0.15) is 4.99 Å². The number of methoxy groups -OCH3 is 1. The average Bonchev–Trinajstić information content (AvgIpc) is 3.09. The fraction of sp³-hybridized carbons (Fsp3) is 0.227. The molecule has 30 heavy (non-hydrogen) atoms. The molecule has 0 aliphatic heterocycles. The van der Waals surface area contributed by atoms with Crippen LogP contribution < -0.4 is 14.3 Å². The van der Waals surface area contributed by atoms with E-state index in [1.165, 1.54) is 11.3 Å². The van der Waals surface area contributed by atoms with E-state index in [1.807, 2.05) is 0 Å². The number of rotatable bonds is 7. The van der Waals surface area contributed by atoms with Crippen molar-refractivity contribution in [3.05, 3.63) is 52.8 Å². The van der Waals surface area contributed by atoms with Gasteiger partial charge in [0.1, 0.15) is 11.5 Å². The van der Waals surface area contributed by atoms with Crippen molar-refractivity contribution in [2.45, 2.75) is 13.5 Å². The topological polar surface area (TPSA) is 79.1 Å². The zero-order valence-electron chi connectivity index (χ0n) is 16.6. The Morgan fingerprint density at radius 1 is 1.17 bits per heavy atom. The van der Waals surface area contributed by atoms with Gasteiger partial charge in [-0.1, -0.05) is 17.3 Å². The molecule has 154 valence electrons. The quantitative estimate of drug-likeness (QED) is 0.430. The van der Waals surface area contributed by atoms with Crippen LogP contribution in [0.1, 0.15) is 17.3 Å². The summed E-state index contributed by atoms with van der Waals surface area (Å²) in [5.74, 6) is 2.94. The first-order chi connectivity index (χ1) is 14.5. The number of carbonyl (C=O) groups excluding carboxylic acids is 2. The van der Waals surface area contributed by atoms with Gasteiger partial charge >= 0.3 is 5.97 Å². The molecule has 1 aromatic heterocycles. The minimum atomic E-state index is -0.450. The number of fused-ring (bicyclic) bond motifs is 1. The highest BCUT2D eigenvalue weighted by Crippen LogP contribution is 2.20. The smallest absolute Gasteiger partial charge is 0.338 e. The molecular weight excluding hydrogens is 404 g/mol. The summed E-state index contributed by atoms with van der Waals surface area (Å²) >= 11 is 1.27. The zero-order chi connectivity index (χ0) is 21.5. The Morgan fingerprint density at radius 3 is 2.57 bits per heavy atom. The first-order valence-corrected chi connectivity index (χ1v) is 9.95. The summed E-state index contributed by atoms with van der Waals surface area (Å²) in [4.78, 5) is 28.9. The normalized spacial score (nSPS) is 11.2. The van der Waals surface area contributed by atoms with Gasteiger partial charge in [-0.15, -0.1) is 6.42 Å². The van der Waals surface area contributed by atoms with Crippen LogP contribution in [0.25, 0.3) is 10.2 Å². The number of terminal acetylenes is 1. The average molecular weight is 424 g/mol. The number of esters is 1. The third kappa shape index (κ3) is 4.88. The molecule has 0 saturated heterocycles. The molecule has 8 heteroatoms. The monoisotopic (exact) mass is 424 g/mol. The van der Waals surface area contributed by atoms with Gasteiger partial charge in [-0.25, -0.2) is 4.79 Å².